The Morgan fingerprint density at radius 3 is 2.82 bits per heavy atom. The van der Waals surface area contributed by atoms with E-state index in [0.717, 1.165) is 30.4 Å². The van der Waals surface area contributed by atoms with Gasteiger partial charge in [-0.05, 0) is 43.7 Å². The van der Waals surface area contributed by atoms with E-state index in [1.165, 1.54) is 0 Å². The van der Waals surface area contributed by atoms with E-state index in [2.05, 4.69) is 26.7 Å². The van der Waals surface area contributed by atoms with Crippen LogP contribution in [0.5, 0.6) is 0 Å². The molecule has 1 saturated heterocycles. The third-order valence-electron chi connectivity index (χ3n) is 2.68. The Labute approximate surface area is 109 Å². The molecule has 1 amide bonds. The molecule has 2 N–H and O–H groups in total. The standard InChI is InChI=1S/C12H15BrN2O2/c13-10-5-3-9(4-6-10)12(16)15-17-11-2-1-7-14-8-11/h3-6,11,14H,1-2,7-8H2,(H,15,16). The fourth-order valence-corrected chi connectivity index (χ4v) is 1.98. The van der Waals surface area contributed by atoms with Crippen molar-refractivity contribution in [3.8, 4) is 0 Å². The summed E-state index contributed by atoms with van der Waals surface area (Å²) < 4.78 is 0.950. The van der Waals surface area contributed by atoms with E-state index in [4.69, 9.17) is 4.84 Å². The summed E-state index contributed by atoms with van der Waals surface area (Å²) in [6.07, 6.45) is 2.13. The number of hydrogen-bond acceptors (Lipinski definition) is 3. The lowest BCUT2D eigenvalue weighted by molar-refractivity contribution is -0.0251. The van der Waals surface area contributed by atoms with Crippen molar-refractivity contribution in [3.05, 3.63) is 34.3 Å². The molecule has 0 aliphatic carbocycles. The first kappa shape index (κ1) is 12.5. The minimum Gasteiger partial charge on any atom is -0.314 e. The fraction of sp³-hybridized carbons (Fsp3) is 0.417. The SMILES string of the molecule is O=C(NOC1CCCNC1)c1ccc(Br)cc1. The number of carbonyl (C=O) groups excluding carboxylic acids is 1. The highest BCUT2D eigenvalue weighted by Gasteiger charge is 2.15. The number of amides is 1. The number of carbonyl (C=O) groups is 1. The van der Waals surface area contributed by atoms with Crippen molar-refractivity contribution in [1.29, 1.82) is 0 Å². The van der Waals surface area contributed by atoms with Gasteiger partial charge >= 0.3 is 0 Å². The lowest BCUT2D eigenvalue weighted by Gasteiger charge is -2.22. The van der Waals surface area contributed by atoms with Crippen LogP contribution in [0.25, 0.3) is 0 Å². The number of piperidine rings is 1. The second-order valence-corrected chi connectivity index (χ2v) is 4.94. The molecule has 1 aliphatic rings. The van der Waals surface area contributed by atoms with Gasteiger partial charge in [0.1, 0.15) is 0 Å². The second-order valence-electron chi connectivity index (χ2n) is 4.02. The van der Waals surface area contributed by atoms with E-state index in [-0.39, 0.29) is 12.0 Å². The Balaban J connectivity index is 1.82. The van der Waals surface area contributed by atoms with Gasteiger partial charge in [0.15, 0.2) is 0 Å². The molecule has 0 bridgehead atoms. The summed E-state index contributed by atoms with van der Waals surface area (Å²) in [6, 6.07) is 7.16. The lowest BCUT2D eigenvalue weighted by atomic mass is 10.1. The normalized spacial score (nSPS) is 19.9. The molecule has 1 aliphatic heterocycles. The van der Waals surface area contributed by atoms with Crippen molar-refractivity contribution in [2.24, 2.45) is 0 Å². The number of nitrogens with one attached hydrogen (secondary N) is 2. The Morgan fingerprint density at radius 1 is 1.41 bits per heavy atom. The van der Waals surface area contributed by atoms with Crippen molar-refractivity contribution in [2.45, 2.75) is 18.9 Å². The highest BCUT2D eigenvalue weighted by Crippen LogP contribution is 2.10. The van der Waals surface area contributed by atoms with E-state index in [1.807, 2.05) is 12.1 Å². The van der Waals surface area contributed by atoms with Crippen molar-refractivity contribution in [1.82, 2.24) is 10.8 Å². The largest absolute Gasteiger partial charge is 0.314 e. The number of hydrogen-bond donors (Lipinski definition) is 2. The lowest BCUT2D eigenvalue weighted by Crippen LogP contribution is -2.40. The topological polar surface area (TPSA) is 50.4 Å². The van der Waals surface area contributed by atoms with Gasteiger partial charge in [0.2, 0.25) is 0 Å². The predicted molar refractivity (Wildman–Crippen MR) is 68.6 cm³/mol. The molecule has 0 radical (unpaired) electrons. The summed E-state index contributed by atoms with van der Waals surface area (Å²) >= 11 is 3.32. The van der Waals surface area contributed by atoms with Crippen LogP contribution >= 0.6 is 15.9 Å². The molecule has 2 rings (SSSR count). The van der Waals surface area contributed by atoms with Crippen molar-refractivity contribution >= 4 is 21.8 Å². The number of hydroxylamine groups is 1. The van der Waals surface area contributed by atoms with Gasteiger partial charge in [0.25, 0.3) is 5.91 Å². The molecule has 92 valence electrons. The first-order chi connectivity index (χ1) is 8.25. The monoisotopic (exact) mass is 298 g/mol. The van der Waals surface area contributed by atoms with E-state index < -0.39 is 0 Å². The zero-order valence-corrected chi connectivity index (χ0v) is 11.0. The van der Waals surface area contributed by atoms with Gasteiger partial charge in [-0.2, -0.15) is 0 Å². The predicted octanol–water partition coefficient (Wildman–Crippen LogP) is 1.86. The Bertz CT molecular complexity index is 375. The molecule has 1 heterocycles. The summed E-state index contributed by atoms with van der Waals surface area (Å²) in [5.74, 6) is -0.205. The molecular formula is C12H15BrN2O2. The quantitative estimate of drug-likeness (QED) is 0.838. The molecular weight excluding hydrogens is 284 g/mol. The molecule has 1 unspecified atom stereocenters. The van der Waals surface area contributed by atoms with Gasteiger partial charge in [-0.25, -0.2) is 5.48 Å². The average molecular weight is 299 g/mol. The minimum absolute atomic E-state index is 0.0724. The molecule has 17 heavy (non-hydrogen) atoms. The minimum atomic E-state index is -0.205. The van der Waals surface area contributed by atoms with Crippen molar-refractivity contribution in [3.63, 3.8) is 0 Å². The van der Waals surface area contributed by atoms with Crippen LogP contribution in [0.3, 0.4) is 0 Å². The maximum absolute atomic E-state index is 11.7. The maximum Gasteiger partial charge on any atom is 0.274 e. The van der Waals surface area contributed by atoms with Crippen LogP contribution in [0.2, 0.25) is 0 Å². The summed E-state index contributed by atoms with van der Waals surface area (Å²) in [6.45, 7) is 1.82. The fourth-order valence-electron chi connectivity index (χ4n) is 1.72. The third-order valence-corrected chi connectivity index (χ3v) is 3.21. The third kappa shape index (κ3) is 3.80. The first-order valence-electron chi connectivity index (χ1n) is 5.68. The Kier molecular flexibility index (Phi) is 4.53. The summed E-state index contributed by atoms with van der Waals surface area (Å²) in [5.41, 5.74) is 3.09. The molecule has 4 nitrogen and oxygen atoms in total. The van der Waals surface area contributed by atoms with Crippen molar-refractivity contribution < 1.29 is 9.63 Å². The summed E-state index contributed by atoms with van der Waals surface area (Å²) in [4.78, 5) is 17.1. The van der Waals surface area contributed by atoms with Gasteiger partial charge in [-0.3, -0.25) is 9.63 Å². The van der Waals surface area contributed by atoms with Crippen LogP contribution in [0.15, 0.2) is 28.7 Å². The molecule has 0 spiro atoms. The van der Waals surface area contributed by atoms with E-state index in [0.29, 0.717) is 5.56 Å². The number of rotatable bonds is 3. The number of halogens is 1. The van der Waals surface area contributed by atoms with E-state index in [9.17, 15) is 4.79 Å². The van der Waals surface area contributed by atoms with Crippen molar-refractivity contribution in [2.75, 3.05) is 13.1 Å². The van der Waals surface area contributed by atoms with Crippen LogP contribution in [-0.2, 0) is 4.84 Å². The van der Waals surface area contributed by atoms with E-state index in [1.54, 1.807) is 12.1 Å². The summed E-state index contributed by atoms with van der Waals surface area (Å²) in [7, 11) is 0. The van der Waals surface area contributed by atoms with Gasteiger partial charge in [0, 0.05) is 16.6 Å². The van der Waals surface area contributed by atoms with Gasteiger partial charge in [-0.15, -0.1) is 0 Å². The van der Waals surface area contributed by atoms with Gasteiger partial charge in [0.05, 0.1) is 6.10 Å². The molecule has 5 heteroatoms. The molecule has 1 fully saturated rings. The average Bonchev–Trinajstić information content (AvgIpc) is 2.38. The second kappa shape index (κ2) is 6.14. The molecule has 0 aromatic heterocycles. The molecule has 1 aromatic rings. The first-order valence-corrected chi connectivity index (χ1v) is 6.47. The Morgan fingerprint density at radius 2 is 2.18 bits per heavy atom. The van der Waals surface area contributed by atoms with E-state index >= 15 is 0 Å². The smallest absolute Gasteiger partial charge is 0.274 e. The van der Waals surface area contributed by atoms with Crippen LogP contribution in [0, 0.1) is 0 Å². The van der Waals surface area contributed by atoms with Crippen LogP contribution < -0.4 is 10.8 Å². The van der Waals surface area contributed by atoms with Crippen LogP contribution in [0.1, 0.15) is 23.2 Å². The van der Waals surface area contributed by atoms with Crippen LogP contribution in [0.4, 0.5) is 0 Å². The summed E-state index contributed by atoms with van der Waals surface area (Å²) in [5, 5.41) is 3.22. The Hall–Kier alpha value is -0.910. The highest BCUT2D eigenvalue weighted by molar-refractivity contribution is 9.10. The van der Waals surface area contributed by atoms with Gasteiger partial charge < -0.3 is 5.32 Å². The maximum atomic E-state index is 11.7. The molecule has 1 atom stereocenters. The molecule has 1 aromatic carbocycles. The molecule has 0 saturated carbocycles. The zero-order valence-electron chi connectivity index (χ0n) is 9.41. The van der Waals surface area contributed by atoms with Crippen LogP contribution in [-0.4, -0.2) is 25.1 Å². The van der Waals surface area contributed by atoms with Gasteiger partial charge in [-0.1, -0.05) is 15.9 Å². The number of benzene rings is 1. The highest BCUT2D eigenvalue weighted by atomic mass is 79.9. The zero-order chi connectivity index (χ0) is 12.1.